The fourth-order valence-corrected chi connectivity index (χ4v) is 5.17. The number of aliphatic carboxylic acids is 1. The lowest BCUT2D eigenvalue weighted by Crippen LogP contribution is -2.59. The number of carboxylic acid groups (broad SMARTS) is 1. The first-order chi connectivity index (χ1) is 23.8. The number of amides is 5. The van der Waals surface area contributed by atoms with Gasteiger partial charge in [-0.2, -0.15) is 0 Å². The van der Waals surface area contributed by atoms with Gasteiger partial charge >= 0.3 is 12.1 Å². The van der Waals surface area contributed by atoms with Gasteiger partial charge in [-0.05, 0) is 63.5 Å². The van der Waals surface area contributed by atoms with Gasteiger partial charge in [0.15, 0.2) is 0 Å². The van der Waals surface area contributed by atoms with E-state index in [2.05, 4.69) is 26.6 Å². The second-order valence-electron chi connectivity index (χ2n) is 14.6. The van der Waals surface area contributed by atoms with E-state index in [1.807, 2.05) is 64.1 Å². The van der Waals surface area contributed by atoms with Crippen molar-refractivity contribution in [2.24, 2.45) is 11.8 Å². The van der Waals surface area contributed by atoms with Gasteiger partial charge in [0.25, 0.3) is 0 Å². The third-order valence-corrected chi connectivity index (χ3v) is 7.62. The fraction of sp³-hybridized carbons (Fsp3) is 0.526. The molecule has 0 aliphatic heterocycles. The maximum Gasteiger partial charge on any atom is 0.408 e. The summed E-state index contributed by atoms with van der Waals surface area (Å²) in [5.41, 5.74) is 0.697. The predicted molar refractivity (Wildman–Crippen MR) is 193 cm³/mol. The van der Waals surface area contributed by atoms with Gasteiger partial charge in [-0.25, -0.2) is 4.79 Å². The maximum absolute atomic E-state index is 14.0. The van der Waals surface area contributed by atoms with Crippen LogP contribution in [0.4, 0.5) is 4.79 Å². The fourth-order valence-electron chi connectivity index (χ4n) is 5.17. The van der Waals surface area contributed by atoms with E-state index in [1.165, 1.54) is 6.92 Å². The van der Waals surface area contributed by atoms with Crippen molar-refractivity contribution in [2.45, 2.75) is 117 Å². The highest BCUT2D eigenvalue weighted by Crippen LogP contribution is 2.13. The van der Waals surface area contributed by atoms with Gasteiger partial charge in [-0.3, -0.25) is 24.0 Å². The third kappa shape index (κ3) is 16.1. The molecule has 13 heteroatoms. The van der Waals surface area contributed by atoms with Crippen LogP contribution in [0, 0.1) is 11.8 Å². The molecule has 2 rings (SSSR count). The zero-order valence-corrected chi connectivity index (χ0v) is 30.9. The van der Waals surface area contributed by atoms with Gasteiger partial charge in [0, 0.05) is 12.8 Å². The molecule has 280 valence electrons. The number of ether oxygens (including phenoxy) is 1. The minimum Gasteiger partial charge on any atom is -0.480 e. The van der Waals surface area contributed by atoms with Crippen LogP contribution in [0.15, 0.2) is 60.7 Å². The molecule has 0 spiro atoms. The van der Waals surface area contributed by atoms with Gasteiger partial charge in [0.2, 0.25) is 23.6 Å². The van der Waals surface area contributed by atoms with Crippen molar-refractivity contribution in [1.82, 2.24) is 26.6 Å². The van der Waals surface area contributed by atoms with Gasteiger partial charge in [0.1, 0.15) is 35.8 Å². The topological polar surface area (TPSA) is 192 Å². The van der Waals surface area contributed by atoms with Crippen molar-refractivity contribution >= 4 is 35.7 Å². The standard InChI is InChI=1S/C38H55N5O8/c1-23(2)19-28(32(44)39-25(5)36(48)49)40-34(46)30(21-26-15-11-9-12-16-26)42-33(45)29(20-24(3)4)41-35(47)31(22-27-17-13-10-14-18-27)43-37(50)51-38(6,7)8/h9-18,23-25,28-31H,19-22H2,1-8H3,(H,39,44)(H,40,46)(H,41,47)(H,42,45)(H,43,50)(H,48,49)/t25-,28+,29+,30-,31-/m0/s1. The number of carboxylic acids is 1. The molecule has 0 saturated heterocycles. The quantitative estimate of drug-likeness (QED) is 0.135. The molecule has 51 heavy (non-hydrogen) atoms. The van der Waals surface area contributed by atoms with Crippen LogP contribution in [0.1, 0.15) is 79.4 Å². The van der Waals surface area contributed by atoms with E-state index in [-0.39, 0.29) is 37.5 Å². The SMILES string of the molecule is CC(C)C[C@@H](NC(=O)[C@H](Cc1ccccc1)NC(=O)[C@@H](CC(C)C)NC(=O)[C@H](Cc1ccccc1)NC(=O)OC(C)(C)C)C(=O)N[C@@H](C)C(=O)O. The summed E-state index contributed by atoms with van der Waals surface area (Å²) < 4.78 is 5.40. The molecular formula is C38H55N5O8. The molecule has 5 atom stereocenters. The largest absolute Gasteiger partial charge is 0.480 e. The Kier molecular flexibility index (Phi) is 16.6. The smallest absolute Gasteiger partial charge is 0.408 e. The van der Waals surface area contributed by atoms with E-state index in [1.54, 1.807) is 45.0 Å². The Morgan fingerprint density at radius 1 is 0.569 bits per heavy atom. The number of nitrogens with one attached hydrogen (secondary N) is 5. The molecule has 6 N–H and O–H groups in total. The number of benzene rings is 2. The van der Waals surface area contributed by atoms with Crippen LogP contribution >= 0.6 is 0 Å². The van der Waals surface area contributed by atoms with Crippen molar-refractivity contribution in [3.05, 3.63) is 71.8 Å². The Bertz CT molecular complexity index is 1460. The van der Waals surface area contributed by atoms with Gasteiger partial charge in [0.05, 0.1) is 0 Å². The minimum atomic E-state index is -1.22. The van der Waals surface area contributed by atoms with Crippen molar-refractivity contribution in [1.29, 1.82) is 0 Å². The van der Waals surface area contributed by atoms with E-state index in [0.29, 0.717) is 0 Å². The molecule has 2 aromatic rings. The Labute approximate surface area is 301 Å². The maximum atomic E-state index is 14.0. The van der Waals surface area contributed by atoms with Crippen molar-refractivity contribution in [3.8, 4) is 0 Å². The number of alkyl carbamates (subject to hydrolysis) is 1. The molecule has 2 aromatic carbocycles. The molecular weight excluding hydrogens is 654 g/mol. The third-order valence-electron chi connectivity index (χ3n) is 7.62. The summed E-state index contributed by atoms with van der Waals surface area (Å²) in [5, 5.41) is 22.6. The molecule has 0 radical (unpaired) electrons. The summed E-state index contributed by atoms with van der Waals surface area (Å²) in [6, 6.07) is 12.5. The van der Waals surface area contributed by atoms with Crippen LogP contribution in [0.2, 0.25) is 0 Å². The van der Waals surface area contributed by atoms with E-state index in [9.17, 15) is 33.9 Å². The summed E-state index contributed by atoms with van der Waals surface area (Å²) in [4.78, 5) is 78.8. The van der Waals surface area contributed by atoms with Crippen LogP contribution in [0.25, 0.3) is 0 Å². The molecule has 0 unspecified atom stereocenters. The van der Waals surface area contributed by atoms with E-state index >= 15 is 0 Å². The summed E-state index contributed by atoms with van der Waals surface area (Å²) in [7, 11) is 0. The highest BCUT2D eigenvalue weighted by atomic mass is 16.6. The lowest BCUT2D eigenvalue weighted by Gasteiger charge is -2.28. The summed E-state index contributed by atoms with van der Waals surface area (Å²) in [6.07, 6.45) is -0.163. The number of rotatable bonds is 18. The van der Waals surface area contributed by atoms with Crippen LogP contribution in [0.5, 0.6) is 0 Å². The van der Waals surface area contributed by atoms with Gasteiger partial charge in [-0.1, -0.05) is 88.4 Å². The minimum absolute atomic E-state index is 0.0351. The Morgan fingerprint density at radius 3 is 1.29 bits per heavy atom. The van der Waals surface area contributed by atoms with Crippen molar-refractivity contribution < 1.29 is 38.6 Å². The molecule has 0 fully saturated rings. The number of carbonyl (C=O) groups excluding carboxylic acids is 5. The molecule has 0 heterocycles. The zero-order valence-electron chi connectivity index (χ0n) is 30.9. The first-order valence-corrected chi connectivity index (χ1v) is 17.4. The van der Waals surface area contributed by atoms with Crippen LogP contribution in [-0.2, 0) is 41.6 Å². The normalized spacial score (nSPS) is 14.3. The van der Waals surface area contributed by atoms with E-state index in [4.69, 9.17) is 4.74 Å². The monoisotopic (exact) mass is 709 g/mol. The number of carbonyl (C=O) groups is 6. The average molecular weight is 710 g/mol. The Balaban J connectivity index is 2.37. The summed E-state index contributed by atoms with van der Waals surface area (Å²) >= 11 is 0. The summed E-state index contributed by atoms with van der Waals surface area (Å²) in [5.74, 6) is -3.87. The molecule has 0 bridgehead atoms. The van der Waals surface area contributed by atoms with E-state index < -0.39 is 71.5 Å². The molecule has 13 nitrogen and oxygen atoms in total. The van der Waals surface area contributed by atoms with Crippen LogP contribution in [-0.4, -0.2) is 76.6 Å². The molecule has 5 amide bonds. The van der Waals surface area contributed by atoms with Crippen molar-refractivity contribution in [2.75, 3.05) is 0 Å². The van der Waals surface area contributed by atoms with E-state index in [0.717, 1.165) is 11.1 Å². The van der Waals surface area contributed by atoms with Gasteiger partial charge < -0.3 is 36.4 Å². The highest BCUT2D eigenvalue weighted by Gasteiger charge is 2.33. The molecule has 0 aromatic heterocycles. The lowest BCUT2D eigenvalue weighted by molar-refractivity contribution is -0.142. The summed E-state index contributed by atoms with van der Waals surface area (Å²) in [6.45, 7) is 13.9. The number of hydrogen-bond donors (Lipinski definition) is 6. The first kappa shape index (κ1) is 42.2. The molecule has 0 aliphatic carbocycles. The zero-order chi connectivity index (χ0) is 38.3. The number of hydrogen-bond acceptors (Lipinski definition) is 7. The van der Waals surface area contributed by atoms with Crippen LogP contribution in [0.3, 0.4) is 0 Å². The Morgan fingerprint density at radius 2 is 0.922 bits per heavy atom. The van der Waals surface area contributed by atoms with Gasteiger partial charge in [-0.15, -0.1) is 0 Å². The predicted octanol–water partition coefficient (Wildman–Crippen LogP) is 3.50. The molecule has 0 aliphatic rings. The molecule has 0 saturated carbocycles. The second kappa shape index (κ2) is 20.0. The highest BCUT2D eigenvalue weighted by molar-refractivity contribution is 5.96. The average Bonchev–Trinajstić information content (AvgIpc) is 3.03. The lowest BCUT2D eigenvalue weighted by atomic mass is 9.99. The second-order valence-corrected chi connectivity index (χ2v) is 14.6. The Hall–Kier alpha value is -4.94. The first-order valence-electron chi connectivity index (χ1n) is 17.4. The van der Waals surface area contributed by atoms with Crippen LogP contribution < -0.4 is 26.6 Å². The van der Waals surface area contributed by atoms with Crippen molar-refractivity contribution in [3.63, 3.8) is 0 Å².